The summed E-state index contributed by atoms with van der Waals surface area (Å²) in [5.41, 5.74) is 1.18. The maximum absolute atomic E-state index is 5.99. The van der Waals surface area contributed by atoms with Gasteiger partial charge in [0.25, 0.3) is 0 Å². The number of hydrogen-bond acceptors (Lipinski definition) is 1. The van der Waals surface area contributed by atoms with Crippen LogP contribution in [0.1, 0.15) is 25.3 Å². The lowest BCUT2D eigenvalue weighted by Crippen LogP contribution is -2.30. The number of nitrogens with one attached hydrogen (secondary N) is 1. The second kappa shape index (κ2) is 7.61. The van der Waals surface area contributed by atoms with Gasteiger partial charge in [-0.15, -0.1) is 12.3 Å². The van der Waals surface area contributed by atoms with Crippen molar-refractivity contribution in [2.45, 2.75) is 32.2 Å². The molecule has 0 saturated carbocycles. The van der Waals surface area contributed by atoms with Crippen LogP contribution in [0.3, 0.4) is 0 Å². The Morgan fingerprint density at radius 1 is 1.35 bits per heavy atom. The maximum atomic E-state index is 5.99. The number of rotatable bonds is 6. The molecule has 1 aromatic carbocycles. The van der Waals surface area contributed by atoms with Crippen molar-refractivity contribution in [1.29, 1.82) is 0 Å². The molecule has 1 N–H and O–H groups in total. The first-order valence-corrected chi connectivity index (χ1v) is 6.53. The van der Waals surface area contributed by atoms with Crippen LogP contribution in [0.5, 0.6) is 0 Å². The summed E-state index contributed by atoms with van der Waals surface area (Å²) in [5.74, 6) is 2.68. The minimum absolute atomic E-state index is 0.397. The molecule has 3 heteroatoms. The Hall–Kier alpha value is -0.680. The van der Waals surface area contributed by atoms with Crippen LogP contribution in [0.15, 0.2) is 18.2 Å². The predicted octanol–water partition coefficient (Wildman–Crippen LogP) is 3.93. The molecule has 0 radical (unpaired) electrons. The monoisotopic (exact) mass is 269 g/mol. The van der Waals surface area contributed by atoms with Gasteiger partial charge in [0.15, 0.2) is 0 Å². The molecule has 92 valence electrons. The minimum Gasteiger partial charge on any atom is -0.314 e. The van der Waals surface area contributed by atoms with Gasteiger partial charge in [0.05, 0.1) is 10.0 Å². The smallest absolute Gasteiger partial charge is 0.0595 e. The lowest BCUT2D eigenvalue weighted by molar-refractivity contribution is 0.497. The highest BCUT2D eigenvalue weighted by Crippen LogP contribution is 2.23. The van der Waals surface area contributed by atoms with Gasteiger partial charge in [-0.05, 0) is 37.1 Å². The SMILES string of the molecule is C#CCCC(Cc1ccc(Cl)c(Cl)c1)NCC. The standard InChI is InChI=1S/C14H17Cl2N/c1-3-5-6-12(17-4-2)9-11-7-8-13(15)14(16)10-11/h1,7-8,10,12,17H,4-6,9H2,2H3. The minimum atomic E-state index is 0.397. The molecule has 0 saturated heterocycles. The zero-order valence-corrected chi connectivity index (χ0v) is 11.5. The average Bonchev–Trinajstić information content (AvgIpc) is 2.31. The van der Waals surface area contributed by atoms with Gasteiger partial charge in [-0.2, -0.15) is 0 Å². The van der Waals surface area contributed by atoms with Crippen molar-refractivity contribution in [2.75, 3.05) is 6.54 Å². The maximum Gasteiger partial charge on any atom is 0.0595 e. The van der Waals surface area contributed by atoms with Gasteiger partial charge in [0, 0.05) is 12.5 Å². The highest BCUT2D eigenvalue weighted by molar-refractivity contribution is 6.42. The number of hydrogen-bond donors (Lipinski definition) is 1. The average molecular weight is 270 g/mol. The van der Waals surface area contributed by atoms with E-state index in [1.165, 1.54) is 5.56 Å². The Kier molecular flexibility index (Phi) is 6.44. The zero-order valence-electron chi connectivity index (χ0n) is 9.97. The van der Waals surface area contributed by atoms with Crippen LogP contribution < -0.4 is 5.32 Å². The summed E-state index contributed by atoms with van der Waals surface area (Å²) in [5, 5.41) is 4.63. The predicted molar refractivity (Wildman–Crippen MR) is 75.7 cm³/mol. The van der Waals surface area contributed by atoms with Crippen LogP contribution in [0.2, 0.25) is 10.0 Å². The Morgan fingerprint density at radius 3 is 2.71 bits per heavy atom. The van der Waals surface area contributed by atoms with E-state index in [9.17, 15) is 0 Å². The summed E-state index contributed by atoms with van der Waals surface area (Å²) in [4.78, 5) is 0. The summed E-state index contributed by atoms with van der Waals surface area (Å²) in [7, 11) is 0. The molecule has 0 spiro atoms. The van der Waals surface area contributed by atoms with Crippen LogP contribution in [-0.2, 0) is 6.42 Å². The summed E-state index contributed by atoms with van der Waals surface area (Å²) in [6.45, 7) is 3.04. The first kappa shape index (κ1) is 14.4. The van der Waals surface area contributed by atoms with E-state index >= 15 is 0 Å². The van der Waals surface area contributed by atoms with Crippen molar-refractivity contribution < 1.29 is 0 Å². The number of benzene rings is 1. The van der Waals surface area contributed by atoms with E-state index in [2.05, 4.69) is 18.2 Å². The van der Waals surface area contributed by atoms with Gasteiger partial charge in [-0.3, -0.25) is 0 Å². The molecule has 0 aliphatic heterocycles. The van der Waals surface area contributed by atoms with E-state index in [4.69, 9.17) is 29.6 Å². The molecule has 0 aliphatic carbocycles. The summed E-state index contributed by atoms with van der Waals surface area (Å²) in [6, 6.07) is 6.16. The van der Waals surface area contributed by atoms with Crippen molar-refractivity contribution in [2.24, 2.45) is 0 Å². The first-order valence-electron chi connectivity index (χ1n) is 5.78. The molecule has 0 heterocycles. The van der Waals surface area contributed by atoms with Crippen molar-refractivity contribution in [3.05, 3.63) is 33.8 Å². The molecule has 1 atom stereocenters. The van der Waals surface area contributed by atoms with Crippen LogP contribution in [0.4, 0.5) is 0 Å². The van der Waals surface area contributed by atoms with Crippen LogP contribution in [-0.4, -0.2) is 12.6 Å². The summed E-state index contributed by atoms with van der Waals surface area (Å²) >= 11 is 11.9. The van der Waals surface area contributed by atoms with Crippen molar-refractivity contribution in [1.82, 2.24) is 5.32 Å². The van der Waals surface area contributed by atoms with Gasteiger partial charge in [-0.25, -0.2) is 0 Å². The van der Waals surface area contributed by atoms with Gasteiger partial charge in [0.1, 0.15) is 0 Å². The molecule has 1 nitrogen and oxygen atoms in total. The third kappa shape index (κ3) is 5.00. The number of terminal acetylenes is 1. The Balaban J connectivity index is 2.65. The van der Waals surface area contributed by atoms with Gasteiger partial charge in [0.2, 0.25) is 0 Å². The lowest BCUT2D eigenvalue weighted by atomic mass is 10.0. The van der Waals surface area contributed by atoms with Crippen molar-refractivity contribution in [3.63, 3.8) is 0 Å². The van der Waals surface area contributed by atoms with Gasteiger partial charge < -0.3 is 5.32 Å². The normalized spacial score (nSPS) is 12.1. The van der Waals surface area contributed by atoms with Gasteiger partial charge >= 0.3 is 0 Å². The second-order valence-electron chi connectivity index (χ2n) is 3.95. The molecule has 1 unspecified atom stereocenters. The van der Waals surface area contributed by atoms with E-state index in [1.807, 2.05) is 18.2 Å². The fourth-order valence-electron chi connectivity index (χ4n) is 1.77. The second-order valence-corrected chi connectivity index (χ2v) is 4.76. The largest absolute Gasteiger partial charge is 0.314 e. The Morgan fingerprint density at radius 2 is 2.12 bits per heavy atom. The Labute approximate surface area is 114 Å². The van der Waals surface area contributed by atoms with E-state index < -0.39 is 0 Å². The van der Waals surface area contributed by atoms with E-state index in [-0.39, 0.29) is 0 Å². The molecular weight excluding hydrogens is 253 g/mol. The van der Waals surface area contributed by atoms with E-state index in [0.717, 1.165) is 25.8 Å². The van der Waals surface area contributed by atoms with Crippen molar-refractivity contribution >= 4 is 23.2 Å². The lowest BCUT2D eigenvalue weighted by Gasteiger charge is -2.17. The topological polar surface area (TPSA) is 12.0 Å². The van der Waals surface area contributed by atoms with Gasteiger partial charge in [-0.1, -0.05) is 36.2 Å². The fraction of sp³-hybridized carbons (Fsp3) is 0.429. The zero-order chi connectivity index (χ0) is 12.7. The van der Waals surface area contributed by atoms with Crippen molar-refractivity contribution in [3.8, 4) is 12.3 Å². The molecule has 17 heavy (non-hydrogen) atoms. The van der Waals surface area contributed by atoms with E-state index in [1.54, 1.807) is 0 Å². The third-order valence-electron chi connectivity index (χ3n) is 2.60. The molecule has 0 fully saturated rings. The van der Waals surface area contributed by atoms with Crippen LogP contribution in [0, 0.1) is 12.3 Å². The number of halogens is 2. The fourth-order valence-corrected chi connectivity index (χ4v) is 2.09. The third-order valence-corrected chi connectivity index (χ3v) is 3.34. The number of likely N-dealkylation sites (N-methyl/N-ethyl adjacent to an activating group) is 1. The first-order chi connectivity index (χ1) is 8.17. The summed E-state index contributed by atoms with van der Waals surface area (Å²) in [6.07, 6.45) is 7.98. The molecule has 0 bridgehead atoms. The molecule has 0 amide bonds. The quantitative estimate of drug-likeness (QED) is 0.772. The molecule has 0 aromatic heterocycles. The van der Waals surface area contributed by atoms with Crippen LogP contribution in [0.25, 0.3) is 0 Å². The Bertz CT molecular complexity index is 396. The highest BCUT2D eigenvalue weighted by Gasteiger charge is 2.08. The highest BCUT2D eigenvalue weighted by atomic mass is 35.5. The van der Waals surface area contributed by atoms with E-state index in [0.29, 0.717) is 16.1 Å². The molecule has 0 aliphatic rings. The molecule has 1 rings (SSSR count). The summed E-state index contributed by atoms with van der Waals surface area (Å²) < 4.78 is 0. The molecular formula is C14H17Cl2N. The molecule has 1 aromatic rings. The van der Waals surface area contributed by atoms with Crippen LogP contribution >= 0.6 is 23.2 Å².